The molecule has 2 aliphatic rings. The minimum Gasteiger partial charge on any atom is -0.444 e. The van der Waals surface area contributed by atoms with Crippen molar-refractivity contribution in [1.82, 2.24) is 9.80 Å². The van der Waals surface area contributed by atoms with Crippen LogP contribution in [0.25, 0.3) is 0 Å². The molecule has 0 bridgehead atoms. The molecule has 2 heterocycles. The van der Waals surface area contributed by atoms with E-state index in [-0.39, 0.29) is 23.3 Å². The first-order valence-electron chi connectivity index (χ1n) is 9.43. The number of nitrogens with one attached hydrogen (secondary N) is 1. The predicted octanol–water partition coefficient (Wildman–Crippen LogP) is 2.16. The zero-order chi connectivity index (χ0) is 21.3. The normalized spacial score (nSPS) is 20.9. The summed E-state index contributed by atoms with van der Waals surface area (Å²) in [5.41, 5.74) is -0.393. The lowest BCUT2D eigenvalue weighted by Crippen LogP contribution is -2.59. The Hall–Kier alpha value is -2.72. The highest BCUT2D eigenvalue weighted by Gasteiger charge is 2.43. The number of anilines is 1. The van der Waals surface area contributed by atoms with Crippen molar-refractivity contribution in [1.29, 1.82) is 0 Å². The van der Waals surface area contributed by atoms with Crippen LogP contribution in [0.1, 0.15) is 32.4 Å². The van der Waals surface area contributed by atoms with Gasteiger partial charge in [-0.3, -0.25) is 25.1 Å². The van der Waals surface area contributed by atoms with Crippen LogP contribution in [0, 0.1) is 10.1 Å². The Balaban J connectivity index is 1.92. The first-order chi connectivity index (χ1) is 13.6. The summed E-state index contributed by atoms with van der Waals surface area (Å²) < 4.78 is 10.4. The van der Waals surface area contributed by atoms with E-state index < -0.39 is 22.7 Å². The number of piperazine rings is 1. The summed E-state index contributed by atoms with van der Waals surface area (Å²) in [4.78, 5) is 39.7. The molecule has 2 amide bonds. The van der Waals surface area contributed by atoms with E-state index in [1.807, 2.05) is 4.90 Å². The maximum Gasteiger partial charge on any atom is 0.412 e. The number of benzene rings is 1. The number of likely N-dealkylation sites (N-methyl/N-ethyl adjacent to an activating group) is 1. The quantitative estimate of drug-likeness (QED) is 0.602. The molecule has 0 spiro atoms. The summed E-state index contributed by atoms with van der Waals surface area (Å²) in [5.74, 6) is -0.195. The maximum atomic E-state index is 12.9. The van der Waals surface area contributed by atoms with Crippen LogP contribution in [0.5, 0.6) is 0 Å². The van der Waals surface area contributed by atoms with Gasteiger partial charge in [0.2, 0.25) is 5.91 Å². The molecule has 1 aromatic rings. The van der Waals surface area contributed by atoms with Gasteiger partial charge in [-0.2, -0.15) is 0 Å². The number of carbonyl (C=O) groups is 2. The molecule has 2 aliphatic heterocycles. The monoisotopic (exact) mass is 406 g/mol. The third-order valence-electron chi connectivity index (χ3n) is 4.89. The van der Waals surface area contributed by atoms with E-state index in [4.69, 9.17) is 9.47 Å². The number of nitro groups is 1. The van der Waals surface area contributed by atoms with Gasteiger partial charge in [-0.25, -0.2) is 4.79 Å². The maximum absolute atomic E-state index is 12.9. The molecule has 1 unspecified atom stereocenters. The molecule has 158 valence electrons. The molecule has 1 atom stereocenters. The van der Waals surface area contributed by atoms with Gasteiger partial charge in [0.05, 0.1) is 35.4 Å². The van der Waals surface area contributed by atoms with Gasteiger partial charge in [0.1, 0.15) is 11.6 Å². The van der Waals surface area contributed by atoms with Crippen molar-refractivity contribution in [3.05, 3.63) is 33.9 Å². The Kier molecular flexibility index (Phi) is 5.76. The van der Waals surface area contributed by atoms with Crippen LogP contribution in [0.15, 0.2) is 18.2 Å². The van der Waals surface area contributed by atoms with Crippen molar-refractivity contribution in [2.45, 2.75) is 38.5 Å². The van der Waals surface area contributed by atoms with Crippen molar-refractivity contribution in [2.24, 2.45) is 0 Å². The Morgan fingerprint density at radius 3 is 2.55 bits per heavy atom. The number of nitrogens with zero attached hydrogens (tertiary/aromatic N) is 3. The summed E-state index contributed by atoms with van der Waals surface area (Å²) in [6.45, 7) is 7.33. The topological polar surface area (TPSA) is 114 Å². The van der Waals surface area contributed by atoms with Crippen LogP contribution < -0.4 is 5.32 Å². The molecule has 2 saturated heterocycles. The van der Waals surface area contributed by atoms with Gasteiger partial charge in [-0.1, -0.05) is 0 Å². The van der Waals surface area contributed by atoms with Gasteiger partial charge < -0.3 is 14.4 Å². The van der Waals surface area contributed by atoms with Crippen molar-refractivity contribution >= 4 is 23.4 Å². The fraction of sp³-hybridized carbons (Fsp3) is 0.579. The number of ether oxygens (including phenoxy) is 2. The highest BCUT2D eigenvalue weighted by atomic mass is 16.6. The molecule has 0 aromatic heterocycles. The van der Waals surface area contributed by atoms with Crippen LogP contribution >= 0.6 is 0 Å². The van der Waals surface area contributed by atoms with Crippen LogP contribution in [0.3, 0.4) is 0 Å². The zero-order valence-electron chi connectivity index (χ0n) is 17.0. The minimum atomic E-state index is -0.765. The lowest BCUT2D eigenvalue weighted by atomic mass is 9.96. The summed E-state index contributed by atoms with van der Waals surface area (Å²) in [5, 5.41) is 14.3. The highest BCUT2D eigenvalue weighted by Crippen LogP contribution is 2.36. The Bertz CT molecular complexity index is 817. The second-order valence-corrected chi connectivity index (χ2v) is 8.25. The van der Waals surface area contributed by atoms with Gasteiger partial charge >= 0.3 is 6.09 Å². The number of amides is 2. The summed E-state index contributed by atoms with van der Waals surface area (Å²) >= 11 is 0. The summed E-state index contributed by atoms with van der Waals surface area (Å²) in [6, 6.07) is 3.62. The molecule has 1 aromatic carbocycles. The summed E-state index contributed by atoms with van der Waals surface area (Å²) in [7, 11) is 1.69. The molecule has 0 aliphatic carbocycles. The Morgan fingerprint density at radius 1 is 1.31 bits per heavy atom. The van der Waals surface area contributed by atoms with Crippen LogP contribution in [0.4, 0.5) is 16.2 Å². The third kappa shape index (κ3) is 4.65. The molecule has 2 fully saturated rings. The average Bonchev–Trinajstić information content (AvgIpc) is 2.55. The standard InChI is InChI=1S/C19H26N4O6/c1-19(2,3)29-18(25)20-12-5-6-14(15(9-12)23(26)27)16-17(24)21(4)7-8-22(16)13-10-28-11-13/h5-6,9,13,16H,7-8,10-11H2,1-4H3,(H,20,25). The fourth-order valence-electron chi connectivity index (χ4n) is 3.41. The first-order valence-corrected chi connectivity index (χ1v) is 9.43. The Morgan fingerprint density at radius 2 is 2.00 bits per heavy atom. The van der Waals surface area contributed by atoms with Crippen LogP contribution in [-0.2, 0) is 14.3 Å². The molecule has 10 heteroatoms. The van der Waals surface area contributed by atoms with E-state index in [2.05, 4.69) is 5.32 Å². The number of carbonyl (C=O) groups excluding carboxylic acids is 2. The lowest BCUT2D eigenvalue weighted by Gasteiger charge is -2.46. The lowest BCUT2D eigenvalue weighted by molar-refractivity contribution is -0.386. The van der Waals surface area contributed by atoms with Crippen LogP contribution in [-0.4, -0.2) is 71.7 Å². The van der Waals surface area contributed by atoms with Gasteiger partial charge in [0, 0.05) is 26.2 Å². The molecule has 1 N–H and O–H groups in total. The number of rotatable bonds is 4. The van der Waals surface area contributed by atoms with Crippen LogP contribution in [0.2, 0.25) is 0 Å². The van der Waals surface area contributed by atoms with Gasteiger partial charge in [-0.15, -0.1) is 0 Å². The molecule has 29 heavy (non-hydrogen) atoms. The predicted molar refractivity (Wildman–Crippen MR) is 105 cm³/mol. The molecular formula is C19H26N4O6. The number of nitro benzene ring substituents is 1. The van der Waals surface area contributed by atoms with Gasteiger partial charge in [0.15, 0.2) is 0 Å². The number of hydrogen-bond acceptors (Lipinski definition) is 7. The van der Waals surface area contributed by atoms with E-state index >= 15 is 0 Å². The van der Waals surface area contributed by atoms with Gasteiger partial charge in [-0.05, 0) is 32.9 Å². The number of hydrogen-bond donors (Lipinski definition) is 1. The molecule has 10 nitrogen and oxygen atoms in total. The molecule has 0 radical (unpaired) electrons. The smallest absolute Gasteiger partial charge is 0.412 e. The van der Waals surface area contributed by atoms with E-state index in [9.17, 15) is 19.7 Å². The average molecular weight is 406 g/mol. The van der Waals surface area contributed by atoms with E-state index in [1.165, 1.54) is 12.1 Å². The molecule has 3 rings (SSSR count). The van der Waals surface area contributed by atoms with E-state index in [0.29, 0.717) is 31.9 Å². The summed E-state index contributed by atoms with van der Waals surface area (Å²) in [6.07, 6.45) is -0.707. The zero-order valence-corrected chi connectivity index (χ0v) is 17.0. The highest BCUT2D eigenvalue weighted by molar-refractivity contribution is 5.88. The van der Waals surface area contributed by atoms with Crippen molar-refractivity contribution in [3.8, 4) is 0 Å². The second kappa shape index (κ2) is 7.96. The molecule has 0 saturated carbocycles. The third-order valence-corrected chi connectivity index (χ3v) is 4.89. The van der Waals surface area contributed by atoms with Crippen molar-refractivity contribution in [2.75, 3.05) is 38.7 Å². The molecular weight excluding hydrogens is 380 g/mol. The van der Waals surface area contributed by atoms with Gasteiger partial charge in [0.25, 0.3) is 5.69 Å². The van der Waals surface area contributed by atoms with Crippen molar-refractivity contribution < 1.29 is 24.0 Å². The minimum absolute atomic E-state index is 0.0526. The first kappa shape index (κ1) is 21.0. The fourth-order valence-corrected chi connectivity index (χ4v) is 3.41. The largest absolute Gasteiger partial charge is 0.444 e. The van der Waals surface area contributed by atoms with Crippen molar-refractivity contribution in [3.63, 3.8) is 0 Å². The van der Waals surface area contributed by atoms with E-state index in [1.54, 1.807) is 38.8 Å². The SMILES string of the molecule is CN1CCN(C2COC2)C(c2ccc(NC(=O)OC(C)(C)C)cc2[N+](=O)[O-])C1=O. The second-order valence-electron chi connectivity index (χ2n) is 8.25. The Labute approximate surface area is 168 Å². The van der Waals surface area contributed by atoms with E-state index in [0.717, 1.165) is 0 Å².